The molecule has 126 valence electrons. The van der Waals surface area contributed by atoms with E-state index in [-0.39, 0.29) is 6.03 Å². The third kappa shape index (κ3) is 4.43. The van der Waals surface area contributed by atoms with Crippen LogP contribution in [0.5, 0.6) is 0 Å². The van der Waals surface area contributed by atoms with Crippen molar-refractivity contribution in [2.75, 3.05) is 13.1 Å². The van der Waals surface area contributed by atoms with Gasteiger partial charge < -0.3 is 10.2 Å². The molecule has 0 unspecified atom stereocenters. The summed E-state index contributed by atoms with van der Waals surface area (Å²) in [6, 6.07) is 2.53. The minimum atomic E-state index is 0.134. The molecule has 5 heteroatoms. The number of nitrogens with zero attached hydrogens (tertiary/aromatic N) is 3. The van der Waals surface area contributed by atoms with Gasteiger partial charge >= 0.3 is 6.03 Å². The maximum Gasteiger partial charge on any atom is 0.317 e. The van der Waals surface area contributed by atoms with Crippen LogP contribution in [0.2, 0.25) is 0 Å². The van der Waals surface area contributed by atoms with Gasteiger partial charge in [0.25, 0.3) is 0 Å². The molecule has 2 heterocycles. The fourth-order valence-electron chi connectivity index (χ4n) is 3.77. The second-order valence-corrected chi connectivity index (χ2v) is 6.93. The summed E-state index contributed by atoms with van der Waals surface area (Å²) in [7, 11) is 0. The highest BCUT2D eigenvalue weighted by Gasteiger charge is 2.26. The molecule has 0 bridgehead atoms. The van der Waals surface area contributed by atoms with E-state index in [9.17, 15) is 4.79 Å². The number of piperidine rings is 1. The van der Waals surface area contributed by atoms with Crippen molar-refractivity contribution >= 4 is 6.03 Å². The van der Waals surface area contributed by atoms with Gasteiger partial charge in [-0.2, -0.15) is 0 Å². The smallest absolute Gasteiger partial charge is 0.317 e. The number of amides is 2. The molecule has 1 aromatic heterocycles. The van der Waals surface area contributed by atoms with E-state index in [0.29, 0.717) is 12.0 Å². The van der Waals surface area contributed by atoms with Gasteiger partial charge in [0.15, 0.2) is 0 Å². The Kier molecular flexibility index (Phi) is 5.47. The highest BCUT2D eigenvalue weighted by Crippen LogP contribution is 2.26. The first kappa shape index (κ1) is 16.2. The van der Waals surface area contributed by atoms with Crippen molar-refractivity contribution in [2.24, 2.45) is 0 Å². The fraction of sp³-hybridized carbons (Fsp3) is 0.722. The molecule has 1 aromatic rings. The van der Waals surface area contributed by atoms with Crippen LogP contribution in [0.3, 0.4) is 0 Å². The van der Waals surface area contributed by atoms with Gasteiger partial charge in [0.1, 0.15) is 5.82 Å². The molecule has 2 amide bonds. The van der Waals surface area contributed by atoms with E-state index in [2.05, 4.69) is 15.3 Å². The van der Waals surface area contributed by atoms with Crippen LogP contribution in [0.15, 0.2) is 12.3 Å². The highest BCUT2D eigenvalue weighted by atomic mass is 16.2. The molecule has 2 aliphatic rings. The van der Waals surface area contributed by atoms with E-state index in [1.807, 2.05) is 24.1 Å². The first-order chi connectivity index (χ1) is 11.2. The van der Waals surface area contributed by atoms with Gasteiger partial charge in [-0.1, -0.05) is 25.7 Å². The Morgan fingerprint density at radius 3 is 2.48 bits per heavy atom. The standard InChI is InChI=1S/C18H28N4O/c1-14-19-11-8-17(20-14)15-9-12-22(13-10-15)18(23)21-16-6-4-2-3-5-7-16/h8,11,15-16H,2-7,9-10,12-13H2,1H3,(H,21,23). The number of likely N-dealkylation sites (tertiary alicyclic amines) is 1. The first-order valence-electron chi connectivity index (χ1n) is 9.07. The Bertz CT molecular complexity index is 518. The van der Waals surface area contributed by atoms with Crippen molar-refractivity contribution in [3.8, 4) is 0 Å². The molecule has 5 nitrogen and oxygen atoms in total. The molecule has 0 atom stereocenters. The molecule has 1 N–H and O–H groups in total. The Hall–Kier alpha value is -1.65. The van der Waals surface area contributed by atoms with Gasteiger partial charge in [-0.3, -0.25) is 0 Å². The Morgan fingerprint density at radius 1 is 1.13 bits per heavy atom. The Labute approximate surface area is 138 Å². The van der Waals surface area contributed by atoms with Gasteiger partial charge in [-0.25, -0.2) is 14.8 Å². The van der Waals surface area contributed by atoms with Gasteiger partial charge in [0.2, 0.25) is 0 Å². The fourth-order valence-corrected chi connectivity index (χ4v) is 3.77. The Morgan fingerprint density at radius 2 is 1.83 bits per heavy atom. The SMILES string of the molecule is Cc1nccc(C2CCN(C(=O)NC3CCCCCC3)CC2)n1. The summed E-state index contributed by atoms with van der Waals surface area (Å²) in [5, 5.41) is 3.25. The van der Waals surface area contributed by atoms with Crippen molar-refractivity contribution in [3.05, 3.63) is 23.8 Å². The van der Waals surface area contributed by atoms with Crippen molar-refractivity contribution in [1.82, 2.24) is 20.2 Å². The predicted molar refractivity (Wildman–Crippen MR) is 90.3 cm³/mol. The lowest BCUT2D eigenvalue weighted by Gasteiger charge is -2.33. The normalized spacial score (nSPS) is 21.0. The van der Waals surface area contributed by atoms with Crippen LogP contribution in [-0.4, -0.2) is 40.0 Å². The molecule has 1 aliphatic heterocycles. The van der Waals surface area contributed by atoms with E-state index >= 15 is 0 Å². The number of carbonyl (C=O) groups excluding carboxylic acids is 1. The number of nitrogens with one attached hydrogen (secondary N) is 1. The van der Waals surface area contributed by atoms with Crippen LogP contribution in [0, 0.1) is 6.92 Å². The second-order valence-electron chi connectivity index (χ2n) is 6.93. The van der Waals surface area contributed by atoms with Gasteiger partial charge in [-0.05, 0) is 38.7 Å². The van der Waals surface area contributed by atoms with Gasteiger partial charge in [0.05, 0.1) is 0 Å². The van der Waals surface area contributed by atoms with Gasteiger partial charge in [-0.15, -0.1) is 0 Å². The zero-order chi connectivity index (χ0) is 16.1. The maximum absolute atomic E-state index is 12.5. The molecule has 3 rings (SSSR count). The molecule has 1 saturated heterocycles. The molecule has 23 heavy (non-hydrogen) atoms. The summed E-state index contributed by atoms with van der Waals surface area (Å²) in [4.78, 5) is 23.2. The van der Waals surface area contributed by atoms with Gasteiger partial charge in [0, 0.05) is 36.9 Å². The van der Waals surface area contributed by atoms with E-state index in [1.54, 1.807) is 0 Å². The molecular weight excluding hydrogens is 288 g/mol. The molecule has 1 saturated carbocycles. The minimum absolute atomic E-state index is 0.134. The van der Waals surface area contributed by atoms with Crippen molar-refractivity contribution < 1.29 is 4.79 Å². The topological polar surface area (TPSA) is 58.1 Å². The van der Waals surface area contributed by atoms with Crippen molar-refractivity contribution in [2.45, 2.75) is 70.3 Å². The number of rotatable bonds is 2. The van der Waals surface area contributed by atoms with Crippen molar-refractivity contribution in [1.29, 1.82) is 0 Å². The number of hydrogen-bond donors (Lipinski definition) is 1. The maximum atomic E-state index is 12.5. The molecular formula is C18H28N4O. The lowest BCUT2D eigenvalue weighted by molar-refractivity contribution is 0.176. The summed E-state index contributed by atoms with van der Waals surface area (Å²) < 4.78 is 0. The summed E-state index contributed by atoms with van der Waals surface area (Å²) in [5.41, 5.74) is 1.13. The summed E-state index contributed by atoms with van der Waals surface area (Å²) in [6.45, 7) is 3.58. The van der Waals surface area contributed by atoms with Crippen LogP contribution in [0.1, 0.15) is 68.8 Å². The number of aryl methyl sites for hydroxylation is 1. The first-order valence-corrected chi connectivity index (χ1v) is 9.07. The zero-order valence-electron chi connectivity index (χ0n) is 14.1. The highest BCUT2D eigenvalue weighted by molar-refractivity contribution is 5.74. The number of hydrogen-bond acceptors (Lipinski definition) is 3. The molecule has 1 aliphatic carbocycles. The Balaban J connectivity index is 1.49. The van der Waals surface area contributed by atoms with E-state index in [0.717, 1.165) is 50.3 Å². The largest absolute Gasteiger partial charge is 0.335 e. The number of urea groups is 1. The van der Waals surface area contributed by atoms with E-state index in [1.165, 1.54) is 25.7 Å². The minimum Gasteiger partial charge on any atom is -0.335 e. The van der Waals surface area contributed by atoms with Crippen LogP contribution >= 0.6 is 0 Å². The monoisotopic (exact) mass is 316 g/mol. The average Bonchev–Trinajstić information content (AvgIpc) is 2.84. The van der Waals surface area contributed by atoms with Crippen LogP contribution in [-0.2, 0) is 0 Å². The second kappa shape index (κ2) is 7.75. The average molecular weight is 316 g/mol. The number of aromatic nitrogens is 2. The van der Waals surface area contributed by atoms with E-state index in [4.69, 9.17) is 0 Å². The summed E-state index contributed by atoms with van der Waals surface area (Å²) >= 11 is 0. The number of carbonyl (C=O) groups is 1. The summed E-state index contributed by atoms with van der Waals surface area (Å²) in [5.74, 6) is 1.29. The van der Waals surface area contributed by atoms with Crippen molar-refractivity contribution in [3.63, 3.8) is 0 Å². The van der Waals surface area contributed by atoms with E-state index < -0.39 is 0 Å². The lowest BCUT2D eigenvalue weighted by atomic mass is 9.93. The summed E-state index contributed by atoms with van der Waals surface area (Å²) in [6.07, 6.45) is 11.2. The zero-order valence-corrected chi connectivity index (χ0v) is 14.1. The van der Waals surface area contributed by atoms with Crippen LogP contribution in [0.4, 0.5) is 4.79 Å². The quantitative estimate of drug-likeness (QED) is 0.851. The lowest BCUT2D eigenvalue weighted by Crippen LogP contribution is -2.47. The van der Waals surface area contributed by atoms with Crippen LogP contribution < -0.4 is 5.32 Å². The third-order valence-electron chi connectivity index (χ3n) is 5.18. The molecule has 0 radical (unpaired) electrons. The third-order valence-corrected chi connectivity index (χ3v) is 5.18. The molecule has 2 fully saturated rings. The van der Waals surface area contributed by atoms with Crippen LogP contribution in [0.25, 0.3) is 0 Å². The predicted octanol–water partition coefficient (Wildman–Crippen LogP) is 3.40. The molecule has 0 spiro atoms. The molecule has 0 aromatic carbocycles.